The molecule has 0 heterocycles. The van der Waals surface area contributed by atoms with Crippen molar-refractivity contribution in [3.63, 3.8) is 0 Å². The van der Waals surface area contributed by atoms with Gasteiger partial charge in [-0.2, -0.15) is 0 Å². The highest BCUT2D eigenvalue weighted by Crippen LogP contribution is 2.34. The van der Waals surface area contributed by atoms with E-state index in [2.05, 4.69) is 54.7 Å². The first-order chi connectivity index (χ1) is 6.65. The van der Waals surface area contributed by atoms with Crippen LogP contribution >= 0.6 is 47.8 Å². The largest absolute Gasteiger partial charge is 0.492 e. The maximum Gasteiger partial charge on any atom is 0.134 e. The molecule has 0 N–H and O–H groups in total. The molecule has 0 atom stereocenters. The van der Waals surface area contributed by atoms with Gasteiger partial charge >= 0.3 is 0 Å². The number of hydrogen-bond donors (Lipinski definition) is 0. The Bertz CT molecular complexity index is 312. The Balaban J connectivity index is 2.72. The number of benzene rings is 1. The van der Waals surface area contributed by atoms with Gasteiger partial charge in [0.1, 0.15) is 5.75 Å². The van der Waals surface area contributed by atoms with Gasteiger partial charge in [-0.25, -0.2) is 0 Å². The van der Waals surface area contributed by atoms with E-state index in [1.807, 2.05) is 12.1 Å². The summed E-state index contributed by atoms with van der Waals surface area (Å²) < 4.78 is 8.62. The minimum atomic E-state index is 0.767. The molecule has 0 aliphatic rings. The summed E-state index contributed by atoms with van der Waals surface area (Å²) >= 11 is 10.3. The van der Waals surface area contributed by atoms with Gasteiger partial charge in [-0.15, -0.1) is 0 Å². The van der Waals surface area contributed by atoms with Gasteiger partial charge in [-0.05, 0) is 66.3 Å². The van der Waals surface area contributed by atoms with Crippen LogP contribution in [0.15, 0.2) is 25.6 Å². The fraction of sp³-hybridized carbons (Fsp3) is 0.400. The van der Waals surface area contributed by atoms with Crippen LogP contribution < -0.4 is 4.74 Å². The first kappa shape index (κ1) is 12.5. The molecule has 0 bridgehead atoms. The zero-order valence-electron chi connectivity index (χ0n) is 7.82. The van der Waals surface area contributed by atoms with Crippen molar-refractivity contribution in [3.8, 4) is 5.75 Å². The van der Waals surface area contributed by atoms with Crippen molar-refractivity contribution in [1.29, 1.82) is 0 Å². The Hall–Kier alpha value is 0.460. The van der Waals surface area contributed by atoms with Gasteiger partial charge in [0.15, 0.2) is 0 Å². The first-order valence-electron chi connectivity index (χ1n) is 4.42. The van der Waals surface area contributed by atoms with E-state index in [4.69, 9.17) is 4.74 Å². The zero-order chi connectivity index (χ0) is 10.6. The Morgan fingerprint density at radius 3 is 2.36 bits per heavy atom. The average molecular weight is 387 g/mol. The van der Waals surface area contributed by atoms with Crippen LogP contribution in [0, 0.1) is 0 Å². The lowest BCUT2D eigenvalue weighted by Gasteiger charge is -2.08. The van der Waals surface area contributed by atoms with Crippen molar-refractivity contribution in [2.45, 2.75) is 19.8 Å². The molecule has 0 saturated carbocycles. The molecule has 1 nitrogen and oxygen atoms in total. The minimum absolute atomic E-state index is 0.767. The van der Waals surface area contributed by atoms with E-state index in [1.54, 1.807) is 0 Å². The van der Waals surface area contributed by atoms with Crippen LogP contribution in [0.2, 0.25) is 0 Å². The molecule has 0 aliphatic heterocycles. The molecule has 14 heavy (non-hydrogen) atoms. The van der Waals surface area contributed by atoms with E-state index in [9.17, 15) is 0 Å². The Morgan fingerprint density at radius 2 is 1.71 bits per heavy atom. The zero-order valence-corrected chi connectivity index (χ0v) is 12.6. The summed E-state index contributed by atoms with van der Waals surface area (Å²) in [5.74, 6) is 0.883. The number of hydrogen-bond acceptors (Lipinski definition) is 1. The normalized spacial score (nSPS) is 10.3. The van der Waals surface area contributed by atoms with E-state index in [0.717, 1.165) is 38.6 Å². The van der Waals surface area contributed by atoms with Crippen molar-refractivity contribution < 1.29 is 4.74 Å². The maximum absolute atomic E-state index is 5.62. The lowest BCUT2D eigenvalue weighted by atomic mass is 10.3. The van der Waals surface area contributed by atoms with Gasteiger partial charge in [0.25, 0.3) is 0 Å². The molecule has 0 saturated heterocycles. The highest BCUT2D eigenvalue weighted by molar-refractivity contribution is 9.13. The third kappa shape index (κ3) is 3.55. The summed E-state index contributed by atoms with van der Waals surface area (Å²) in [4.78, 5) is 0. The molecular formula is C10H11Br3O. The molecule has 1 aromatic carbocycles. The molecule has 0 unspecified atom stereocenters. The summed E-state index contributed by atoms with van der Waals surface area (Å²) in [6.45, 7) is 2.92. The van der Waals surface area contributed by atoms with E-state index in [0.29, 0.717) is 0 Å². The van der Waals surface area contributed by atoms with Crippen molar-refractivity contribution in [2.24, 2.45) is 0 Å². The molecule has 0 radical (unpaired) electrons. The summed E-state index contributed by atoms with van der Waals surface area (Å²) in [5, 5.41) is 0. The van der Waals surface area contributed by atoms with Crippen LogP contribution in [0.5, 0.6) is 5.75 Å². The highest BCUT2D eigenvalue weighted by Gasteiger charge is 2.05. The van der Waals surface area contributed by atoms with E-state index >= 15 is 0 Å². The second kappa shape index (κ2) is 6.13. The van der Waals surface area contributed by atoms with E-state index in [-0.39, 0.29) is 0 Å². The Labute approximate surface area is 110 Å². The molecule has 1 rings (SSSR count). The second-order valence-corrected chi connectivity index (χ2v) is 5.46. The van der Waals surface area contributed by atoms with Gasteiger partial charge in [-0.1, -0.05) is 13.3 Å². The van der Waals surface area contributed by atoms with Crippen LogP contribution in [-0.2, 0) is 0 Å². The van der Waals surface area contributed by atoms with Crippen molar-refractivity contribution in [2.75, 3.05) is 6.61 Å². The molecule has 0 fully saturated rings. The van der Waals surface area contributed by atoms with Crippen LogP contribution in [0.4, 0.5) is 0 Å². The van der Waals surface area contributed by atoms with Crippen LogP contribution in [0.25, 0.3) is 0 Å². The summed E-state index contributed by atoms with van der Waals surface area (Å²) in [7, 11) is 0. The smallest absolute Gasteiger partial charge is 0.134 e. The standard InChI is InChI=1S/C10H11Br3O/c1-2-3-4-14-10-6-8(12)7(11)5-9(10)13/h5-6H,2-4H2,1H3. The van der Waals surface area contributed by atoms with E-state index in [1.165, 1.54) is 0 Å². The van der Waals surface area contributed by atoms with Crippen molar-refractivity contribution >= 4 is 47.8 Å². The molecule has 4 heteroatoms. The molecular weight excluding hydrogens is 376 g/mol. The lowest BCUT2D eigenvalue weighted by molar-refractivity contribution is 0.307. The average Bonchev–Trinajstić information content (AvgIpc) is 2.14. The van der Waals surface area contributed by atoms with Gasteiger partial charge in [0.05, 0.1) is 11.1 Å². The van der Waals surface area contributed by atoms with Gasteiger partial charge in [0.2, 0.25) is 0 Å². The Morgan fingerprint density at radius 1 is 1.07 bits per heavy atom. The van der Waals surface area contributed by atoms with Gasteiger partial charge < -0.3 is 4.74 Å². The van der Waals surface area contributed by atoms with Gasteiger partial charge in [0, 0.05) is 8.95 Å². The summed E-state index contributed by atoms with van der Waals surface area (Å²) in [6.07, 6.45) is 2.23. The van der Waals surface area contributed by atoms with Crippen LogP contribution in [0.3, 0.4) is 0 Å². The fourth-order valence-corrected chi connectivity index (χ4v) is 2.37. The first-order valence-corrected chi connectivity index (χ1v) is 6.80. The predicted octanol–water partition coefficient (Wildman–Crippen LogP) is 5.15. The Kier molecular flexibility index (Phi) is 5.49. The third-order valence-electron chi connectivity index (χ3n) is 1.73. The topological polar surface area (TPSA) is 9.23 Å². The number of halogens is 3. The van der Waals surface area contributed by atoms with Crippen molar-refractivity contribution in [3.05, 3.63) is 25.6 Å². The molecule has 0 aliphatic carbocycles. The number of rotatable bonds is 4. The predicted molar refractivity (Wildman–Crippen MR) is 69.9 cm³/mol. The van der Waals surface area contributed by atoms with Crippen LogP contribution in [0.1, 0.15) is 19.8 Å². The van der Waals surface area contributed by atoms with Crippen LogP contribution in [-0.4, -0.2) is 6.61 Å². The minimum Gasteiger partial charge on any atom is -0.492 e. The molecule has 78 valence electrons. The third-order valence-corrected chi connectivity index (χ3v) is 4.19. The van der Waals surface area contributed by atoms with Crippen molar-refractivity contribution in [1.82, 2.24) is 0 Å². The van der Waals surface area contributed by atoms with Gasteiger partial charge in [-0.3, -0.25) is 0 Å². The SMILES string of the molecule is CCCCOc1cc(Br)c(Br)cc1Br. The fourth-order valence-electron chi connectivity index (χ4n) is 0.941. The molecule has 0 amide bonds. The summed E-state index contributed by atoms with van der Waals surface area (Å²) in [5.41, 5.74) is 0. The molecule has 0 aromatic heterocycles. The second-order valence-electron chi connectivity index (χ2n) is 2.90. The highest BCUT2D eigenvalue weighted by atomic mass is 79.9. The van der Waals surface area contributed by atoms with E-state index < -0.39 is 0 Å². The maximum atomic E-state index is 5.62. The molecule has 1 aromatic rings. The lowest BCUT2D eigenvalue weighted by Crippen LogP contribution is -1.97. The summed E-state index contributed by atoms with van der Waals surface area (Å²) in [6, 6.07) is 3.94. The quantitative estimate of drug-likeness (QED) is 0.513. The number of unbranched alkanes of at least 4 members (excludes halogenated alkanes) is 1. The monoisotopic (exact) mass is 384 g/mol. The number of ether oxygens (including phenoxy) is 1. The molecule has 0 spiro atoms.